The highest BCUT2D eigenvalue weighted by atomic mass is 16.5. The molecule has 1 atom stereocenters. The number of aryl methyl sites for hydroxylation is 1. The number of fused-ring (bicyclic) bond motifs is 1. The fourth-order valence-corrected chi connectivity index (χ4v) is 2.50. The summed E-state index contributed by atoms with van der Waals surface area (Å²) in [5.74, 6) is -0.114. The van der Waals surface area contributed by atoms with Crippen LogP contribution < -0.4 is 4.74 Å². The van der Waals surface area contributed by atoms with Crippen molar-refractivity contribution >= 4 is 11.8 Å². The lowest BCUT2D eigenvalue weighted by Gasteiger charge is -2.18. The molecule has 1 N–H and O–H groups in total. The van der Waals surface area contributed by atoms with Crippen molar-refractivity contribution in [1.82, 2.24) is 4.90 Å². The van der Waals surface area contributed by atoms with Gasteiger partial charge < -0.3 is 9.84 Å². The number of nitrogens with zero attached hydrogens (tertiary/aromatic N) is 1. The molecule has 0 fully saturated rings. The third-order valence-electron chi connectivity index (χ3n) is 3.73. The Balaban J connectivity index is 1.60. The van der Waals surface area contributed by atoms with E-state index in [0.29, 0.717) is 16.9 Å². The molecule has 1 heterocycles. The van der Waals surface area contributed by atoms with E-state index in [2.05, 4.69) is 0 Å². The zero-order valence-electron chi connectivity index (χ0n) is 12.7. The highest BCUT2D eigenvalue weighted by Gasteiger charge is 2.36. The number of benzene rings is 2. The quantitative estimate of drug-likeness (QED) is 0.858. The SMILES string of the molecule is Cc1ccc(OC[C@@H](O)CN2C(=O)c3ccccc3C2=O)cc1. The minimum Gasteiger partial charge on any atom is -0.491 e. The molecule has 1 aliphatic rings. The first-order valence-corrected chi connectivity index (χ1v) is 7.39. The molecule has 3 rings (SSSR count). The number of aliphatic hydroxyl groups is 1. The van der Waals surface area contributed by atoms with Crippen LogP contribution >= 0.6 is 0 Å². The summed E-state index contributed by atoms with van der Waals surface area (Å²) in [6.07, 6.45) is -0.946. The molecule has 118 valence electrons. The molecule has 0 aliphatic carbocycles. The number of ether oxygens (including phenoxy) is 1. The highest BCUT2D eigenvalue weighted by molar-refractivity contribution is 6.21. The van der Waals surface area contributed by atoms with Gasteiger partial charge in [-0.15, -0.1) is 0 Å². The summed E-state index contributed by atoms with van der Waals surface area (Å²) in [6, 6.07) is 14.1. The first-order valence-electron chi connectivity index (χ1n) is 7.39. The first kappa shape index (κ1) is 15.2. The summed E-state index contributed by atoms with van der Waals surface area (Å²) in [5, 5.41) is 10.1. The molecule has 2 aromatic carbocycles. The smallest absolute Gasteiger partial charge is 0.261 e. The normalized spacial score (nSPS) is 14.8. The molecule has 0 radical (unpaired) electrons. The molecule has 2 aromatic rings. The van der Waals surface area contributed by atoms with Crippen molar-refractivity contribution in [3.63, 3.8) is 0 Å². The van der Waals surface area contributed by atoms with E-state index in [-0.39, 0.29) is 25.0 Å². The number of hydrogen-bond acceptors (Lipinski definition) is 4. The zero-order chi connectivity index (χ0) is 16.4. The molecule has 0 aromatic heterocycles. The number of carbonyl (C=O) groups excluding carboxylic acids is 2. The largest absolute Gasteiger partial charge is 0.491 e. The Morgan fingerprint density at radius 1 is 1.00 bits per heavy atom. The number of hydrogen-bond donors (Lipinski definition) is 1. The molecule has 5 heteroatoms. The molecule has 0 bridgehead atoms. The lowest BCUT2D eigenvalue weighted by Crippen LogP contribution is -2.39. The monoisotopic (exact) mass is 311 g/mol. The maximum Gasteiger partial charge on any atom is 0.261 e. The first-order chi connectivity index (χ1) is 11.1. The molecule has 0 unspecified atom stereocenters. The predicted octanol–water partition coefficient (Wildman–Crippen LogP) is 2.03. The predicted molar refractivity (Wildman–Crippen MR) is 84.5 cm³/mol. The van der Waals surface area contributed by atoms with E-state index in [9.17, 15) is 14.7 Å². The van der Waals surface area contributed by atoms with Crippen LogP contribution in [0.1, 0.15) is 26.3 Å². The number of imide groups is 1. The van der Waals surface area contributed by atoms with Crippen molar-refractivity contribution in [2.24, 2.45) is 0 Å². The summed E-state index contributed by atoms with van der Waals surface area (Å²) >= 11 is 0. The van der Waals surface area contributed by atoms with Gasteiger partial charge in [0, 0.05) is 0 Å². The third-order valence-corrected chi connectivity index (χ3v) is 3.73. The van der Waals surface area contributed by atoms with E-state index in [1.54, 1.807) is 24.3 Å². The average molecular weight is 311 g/mol. The Bertz CT molecular complexity index is 704. The van der Waals surface area contributed by atoms with Gasteiger partial charge in [-0.05, 0) is 31.2 Å². The second-order valence-corrected chi connectivity index (χ2v) is 5.54. The average Bonchev–Trinajstić information content (AvgIpc) is 2.80. The van der Waals surface area contributed by atoms with Crippen LogP contribution in [0.4, 0.5) is 0 Å². The van der Waals surface area contributed by atoms with Gasteiger partial charge in [0.05, 0.1) is 17.7 Å². The lowest BCUT2D eigenvalue weighted by atomic mass is 10.1. The minimum atomic E-state index is -0.946. The van der Waals surface area contributed by atoms with E-state index in [1.807, 2.05) is 31.2 Å². The Labute approximate surface area is 134 Å². The summed E-state index contributed by atoms with van der Waals surface area (Å²) in [4.78, 5) is 25.5. The van der Waals surface area contributed by atoms with Crippen molar-refractivity contribution in [1.29, 1.82) is 0 Å². The van der Waals surface area contributed by atoms with Crippen molar-refractivity contribution in [2.75, 3.05) is 13.2 Å². The van der Waals surface area contributed by atoms with Crippen LogP contribution in [-0.2, 0) is 0 Å². The molecule has 5 nitrogen and oxygen atoms in total. The number of β-amino-alcohol motifs (C(OH)–C–C–N with tert-alkyl or cyclic N) is 1. The van der Waals surface area contributed by atoms with Crippen LogP contribution in [0.15, 0.2) is 48.5 Å². The summed E-state index contributed by atoms with van der Waals surface area (Å²) in [7, 11) is 0. The molecule has 0 saturated heterocycles. The fourth-order valence-electron chi connectivity index (χ4n) is 2.50. The number of aliphatic hydroxyl groups excluding tert-OH is 1. The number of rotatable bonds is 5. The maximum absolute atomic E-state index is 12.2. The molecule has 0 saturated carbocycles. The van der Waals surface area contributed by atoms with E-state index < -0.39 is 6.10 Å². The number of carbonyl (C=O) groups is 2. The van der Waals surface area contributed by atoms with Crippen LogP contribution in [-0.4, -0.2) is 41.1 Å². The van der Waals surface area contributed by atoms with E-state index in [4.69, 9.17) is 4.74 Å². The Morgan fingerprint density at radius 2 is 1.57 bits per heavy atom. The van der Waals surface area contributed by atoms with Crippen LogP contribution in [0.25, 0.3) is 0 Å². The summed E-state index contributed by atoms with van der Waals surface area (Å²) < 4.78 is 5.48. The van der Waals surface area contributed by atoms with Crippen LogP contribution in [0.3, 0.4) is 0 Å². The second-order valence-electron chi connectivity index (χ2n) is 5.54. The standard InChI is InChI=1S/C18H17NO4/c1-12-6-8-14(9-7-12)23-11-13(20)10-19-17(21)15-4-2-3-5-16(15)18(19)22/h2-9,13,20H,10-11H2,1H3/t13-/m0/s1. The van der Waals surface area contributed by atoms with Gasteiger partial charge in [-0.3, -0.25) is 14.5 Å². The van der Waals surface area contributed by atoms with Gasteiger partial charge in [0.15, 0.2) is 0 Å². The van der Waals surface area contributed by atoms with Crippen LogP contribution in [0, 0.1) is 6.92 Å². The van der Waals surface area contributed by atoms with Gasteiger partial charge in [0.1, 0.15) is 18.5 Å². The van der Waals surface area contributed by atoms with Crippen molar-refractivity contribution in [3.8, 4) is 5.75 Å². The fraction of sp³-hybridized carbons (Fsp3) is 0.222. The van der Waals surface area contributed by atoms with Gasteiger partial charge in [0.2, 0.25) is 0 Å². The van der Waals surface area contributed by atoms with Crippen LogP contribution in [0.5, 0.6) is 5.75 Å². The van der Waals surface area contributed by atoms with Gasteiger partial charge in [-0.2, -0.15) is 0 Å². The van der Waals surface area contributed by atoms with Gasteiger partial charge in [-0.1, -0.05) is 29.8 Å². The summed E-state index contributed by atoms with van der Waals surface area (Å²) in [6.45, 7) is 1.90. The lowest BCUT2D eigenvalue weighted by molar-refractivity contribution is 0.0457. The summed E-state index contributed by atoms with van der Waals surface area (Å²) in [5.41, 5.74) is 1.87. The molecular formula is C18H17NO4. The second kappa shape index (κ2) is 6.22. The van der Waals surface area contributed by atoms with Gasteiger partial charge in [-0.25, -0.2) is 0 Å². The molecule has 23 heavy (non-hydrogen) atoms. The van der Waals surface area contributed by atoms with E-state index >= 15 is 0 Å². The Hall–Kier alpha value is -2.66. The Morgan fingerprint density at radius 3 is 2.13 bits per heavy atom. The van der Waals surface area contributed by atoms with Crippen molar-refractivity contribution in [3.05, 3.63) is 65.2 Å². The third kappa shape index (κ3) is 3.10. The molecule has 2 amide bonds. The van der Waals surface area contributed by atoms with E-state index in [0.717, 1.165) is 10.5 Å². The van der Waals surface area contributed by atoms with Gasteiger partial charge >= 0.3 is 0 Å². The highest BCUT2D eigenvalue weighted by Crippen LogP contribution is 2.22. The van der Waals surface area contributed by atoms with Crippen molar-refractivity contribution < 1.29 is 19.4 Å². The zero-order valence-corrected chi connectivity index (χ0v) is 12.7. The maximum atomic E-state index is 12.2. The molecule has 1 aliphatic heterocycles. The minimum absolute atomic E-state index is 0.0104. The van der Waals surface area contributed by atoms with Crippen molar-refractivity contribution in [2.45, 2.75) is 13.0 Å². The van der Waals surface area contributed by atoms with E-state index in [1.165, 1.54) is 0 Å². The van der Waals surface area contributed by atoms with Gasteiger partial charge in [0.25, 0.3) is 11.8 Å². The molecule has 0 spiro atoms. The topological polar surface area (TPSA) is 66.8 Å². The van der Waals surface area contributed by atoms with Crippen LogP contribution in [0.2, 0.25) is 0 Å². The molecular weight excluding hydrogens is 294 g/mol. The Kier molecular flexibility index (Phi) is 4.12. The number of amides is 2.